The number of methoxy groups -OCH3 is 1. The summed E-state index contributed by atoms with van der Waals surface area (Å²) in [5, 5.41) is 13.1. The Bertz CT molecular complexity index is 1180. The highest BCUT2D eigenvalue weighted by Gasteiger charge is 2.45. The van der Waals surface area contributed by atoms with E-state index in [0.29, 0.717) is 25.1 Å². The quantitative estimate of drug-likeness (QED) is 0.276. The van der Waals surface area contributed by atoms with Crippen LogP contribution >= 0.6 is 0 Å². The van der Waals surface area contributed by atoms with Crippen LogP contribution < -0.4 is 0 Å². The van der Waals surface area contributed by atoms with E-state index in [0.717, 1.165) is 21.9 Å². The maximum Gasteiger partial charge on any atom is 0.295 e. The maximum atomic E-state index is 13.1. The van der Waals surface area contributed by atoms with Crippen molar-refractivity contribution in [2.75, 3.05) is 20.3 Å². The number of ketones is 1. The molecule has 0 bridgehead atoms. The van der Waals surface area contributed by atoms with Gasteiger partial charge in [-0.05, 0) is 29.7 Å². The summed E-state index contributed by atoms with van der Waals surface area (Å²) >= 11 is 0. The third-order valence-corrected chi connectivity index (χ3v) is 5.69. The first-order chi connectivity index (χ1) is 15.0. The van der Waals surface area contributed by atoms with Crippen LogP contribution in [-0.2, 0) is 14.3 Å². The number of rotatable bonds is 6. The zero-order valence-electron chi connectivity index (χ0n) is 17.7. The second kappa shape index (κ2) is 8.74. The Morgan fingerprint density at radius 2 is 1.77 bits per heavy atom. The van der Waals surface area contributed by atoms with E-state index < -0.39 is 17.7 Å². The van der Waals surface area contributed by atoms with Gasteiger partial charge < -0.3 is 14.7 Å². The number of aliphatic hydroxyl groups is 1. The van der Waals surface area contributed by atoms with Gasteiger partial charge in [0.25, 0.3) is 11.7 Å². The molecule has 1 saturated heterocycles. The molecule has 0 spiro atoms. The van der Waals surface area contributed by atoms with Crippen molar-refractivity contribution in [3.63, 3.8) is 0 Å². The van der Waals surface area contributed by atoms with Crippen molar-refractivity contribution in [1.82, 2.24) is 4.90 Å². The normalized spacial score (nSPS) is 18.1. The number of benzene rings is 3. The molecule has 31 heavy (non-hydrogen) atoms. The molecule has 0 aromatic heterocycles. The minimum absolute atomic E-state index is 0.129. The molecule has 1 atom stereocenters. The Balaban J connectivity index is 1.90. The van der Waals surface area contributed by atoms with Gasteiger partial charge in [-0.1, -0.05) is 72.3 Å². The first-order valence-corrected chi connectivity index (χ1v) is 10.3. The number of nitrogens with zero attached hydrogens (tertiary/aromatic N) is 1. The summed E-state index contributed by atoms with van der Waals surface area (Å²) in [6, 6.07) is 20.3. The Kier molecular flexibility index (Phi) is 5.87. The number of hydrogen-bond donors (Lipinski definition) is 1. The maximum absolute atomic E-state index is 13.1. The molecular weight excluding hydrogens is 390 g/mol. The molecule has 158 valence electrons. The number of carbonyl (C=O) groups is 2. The molecule has 1 N–H and O–H groups in total. The SMILES string of the molecule is COCCCN1C(=O)C(=O)/C(=C(\O)c2cccc3ccccc23)C1c1cccc(C)c1. The minimum Gasteiger partial charge on any atom is -0.507 e. The van der Waals surface area contributed by atoms with Gasteiger partial charge in [-0.3, -0.25) is 9.59 Å². The van der Waals surface area contributed by atoms with Crippen molar-refractivity contribution in [2.24, 2.45) is 0 Å². The van der Waals surface area contributed by atoms with Gasteiger partial charge in [-0.15, -0.1) is 0 Å². The highest BCUT2D eigenvalue weighted by Crippen LogP contribution is 2.40. The van der Waals surface area contributed by atoms with Gasteiger partial charge in [0.05, 0.1) is 11.6 Å². The summed E-state index contributed by atoms with van der Waals surface area (Å²) in [6.45, 7) is 2.81. The fourth-order valence-corrected chi connectivity index (χ4v) is 4.25. The van der Waals surface area contributed by atoms with Crippen LogP contribution in [-0.4, -0.2) is 42.0 Å². The molecule has 5 heteroatoms. The topological polar surface area (TPSA) is 66.8 Å². The van der Waals surface area contributed by atoms with Crippen molar-refractivity contribution in [2.45, 2.75) is 19.4 Å². The van der Waals surface area contributed by atoms with Gasteiger partial charge in [0.1, 0.15) is 5.76 Å². The predicted octanol–water partition coefficient (Wildman–Crippen LogP) is 4.61. The molecule has 1 fully saturated rings. The van der Waals surface area contributed by atoms with Crippen LogP contribution in [0.25, 0.3) is 16.5 Å². The molecule has 5 nitrogen and oxygen atoms in total. The molecule has 0 saturated carbocycles. The summed E-state index contributed by atoms with van der Waals surface area (Å²) < 4.78 is 5.13. The molecule has 1 heterocycles. The zero-order valence-corrected chi connectivity index (χ0v) is 17.7. The molecule has 1 aliphatic heterocycles. The summed E-state index contributed by atoms with van der Waals surface area (Å²) in [6.07, 6.45) is 0.597. The van der Waals surface area contributed by atoms with E-state index in [1.165, 1.54) is 0 Å². The molecule has 0 aliphatic carbocycles. The summed E-state index contributed by atoms with van der Waals surface area (Å²) in [5.74, 6) is -1.39. The number of aryl methyl sites for hydroxylation is 1. The first kappa shape index (κ1) is 20.8. The third-order valence-electron chi connectivity index (χ3n) is 5.69. The van der Waals surface area contributed by atoms with E-state index in [1.54, 1.807) is 18.1 Å². The lowest BCUT2D eigenvalue weighted by Crippen LogP contribution is -2.31. The smallest absolute Gasteiger partial charge is 0.295 e. The van der Waals surface area contributed by atoms with E-state index in [9.17, 15) is 14.7 Å². The summed E-state index contributed by atoms with van der Waals surface area (Å²) in [7, 11) is 1.60. The number of amides is 1. The average Bonchev–Trinajstić information content (AvgIpc) is 3.03. The third kappa shape index (κ3) is 3.84. The van der Waals surface area contributed by atoms with Gasteiger partial charge in [0, 0.05) is 25.8 Å². The monoisotopic (exact) mass is 415 g/mol. The van der Waals surface area contributed by atoms with Crippen molar-refractivity contribution in [3.05, 3.63) is 89.0 Å². The van der Waals surface area contributed by atoms with Crippen molar-refractivity contribution >= 4 is 28.2 Å². The Hall–Kier alpha value is -3.44. The lowest BCUT2D eigenvalue weighted by Gasteiger charge is -2.25. The van der Waals surface area contributed by atoms with E-state index >= 15 is 0 Å². The van der Waals surface area contributed by atoms with Gasteiger partial charge in [0.2, 0.25) is 0 Å². The molecule has 3 aromatic carbocycles. The van der Waals surface area contributed by atoms with Crippen LogP contribution in [0.4, 0.5) is 0 Å². The molecule has 4 rings (SSSR count). The minimum atomic E-state index is -0.658. The molecule has 3 aromatic rings. The van der Waals surface area contributed by atoms with Gasteiger partial charge >= 0.3 is 0 Å². The highest BCUT2D eigenvalue weighted by molar-refractivity contribution is 6.46. The molecule has 0 radical (unpaired) electrons. The van der Waals surface area contributed by atoms with Crippen LogP contribution in [0.5, 0.6) is 0 Å². The predicted molar refractivity (Wildman–Crippen MR) is 121 cm³/mol. The fourth-order valence-electron chi connectivity index (χ4n) is 4.25. The van der Waals surface area contributed by atoms with Crippen LogP contribution in [0.2, 0.25) is 0 Å². The van der Waals surface area contributed by atoms with Crippen LogP contribution in [0.15, 0.2) is 72.3 Å². The van der Waals surface area contributed by atoms with E-state index in [1.807, 2.05) is 67.6 Å². The lowest BCUT2D eigenvalue weighted by molar-refractivity contribution is -0.140. The van der Waals surface area contributed by atoms with E-state index in [2.05, 4.69) is 0 Å². The van der Waals surface area contributed by atoms with E-state index in [-0.39, 0.29) is 11.3 Å². The zero-order chi connectivity index (χ0) is 22.0. The van der Waals surface area contributed by atoms with Gasteiger partial charge in [-0.25, -0.2) is 0 Å². The fraction of sp³-hybridized carbons (Fsp3) is 0.231. The van der Waals surface area contributed by atoms with Crippen molar-refractivity contribution < 1.29 is 19.4 Å². The van der Waals surface area contributed by atoms with Crippen LogP contribution in [0.3, 0.4) is 0 Å². The second-order valence-corrected chi connectivity index (χ2v) is 7.78. The average molecular weight is 415 g/mol. The van der Waals surface area contributed by atoms with Gasteiger partial charge in [-0.2, -0.15) is 0 Å². The van der Waals surface area contributed by atoms with Gasteiger partial charge in [0.15, 0.2) is 0 Å². The van der Waals surface area contributed by atoms with Crippen LogP contribution in [0.1, 0.15) is 29.2 Å². The lowest BCUT2D eigenvalue weighted by atomic mass is 9.93. The Morgan fingerprint density at radius 3 is 2.55 bits per heavy atom. The largest absolute Gasteiger partial charge is 0.507 e. The number of fused-ring (bicyclic) bond motifs is 1. The Labute approximate surface area is 181 Å². The molecule has 1 amide bonds. The standard InChI is InChI=1S/C26H25NO4/c1-17-8-5-11-19(16-17)23-22(25(29)26(30)27(23)14-7-15-31-2)24(28)21-13-6-10-18-9-3-4-12-20(18)21/h3-6,8-13,16,23,28H,7,14-15H2,1-2H3/b24-22-. The Morgan fingerprint density at radius 1 is 1.03 bits per heavy atom. The number of Topliss-reactive ketones (excluding diaryl/α,β-unsaturated/α-hetero) is 1. The number of ether oxygens (including phenoxy) is 1. The van der Waals surface area contributed by atoms with Crippen molar-refractivity contribution in [3.8, 4) is 0 Å². The first-order valence-electron chi connectivity index (χ1n) is 10.3. The van der Waals surface area contributed by atoms with Crippen molar-refractivity contribution in [1.29, 1.82) is 0 Å². The second-order valence-electron chi connectivity index (χ2n) is 7.78. The number of hydrogen-bond acceptors (Lipinski definition) is 4. The van der Waals surface area contributed by atoms with Crippen LogP contribution in [0, 0.1) is 6.92 Å². The number of aliphatic hydroxyl groups excluding tert-OH is 1. The molecular formula is C26H25NO4. The number of likely N-dealkylation sites (tertiary alicyclic amines) is 1. The molecule has 1 unspecified atom stereocenters. The molecule has 1 aliphatic rings. The number of carbonyl (C=O) groups excluding carboxylic acids is 2. The summed E-state index contributed by atoms with van der Waals surface area (Å²) in [4.78, 5) is 27.6. The summed E-state index contributed by atoms with van der Waals surface area (Å²) in [5.41, 5.74) is 2.50. The van der Waals surface area contributed by atoms with E-state index in [4.69, 9.17) is 4.74 Å². The highest BCUT2D eigenvalue weighted by atomic mass is 16.5.